The van der Waals surface area contributed by atoms with E-state index in [1.54, 1.807) is 13.8 Å². The fourth-order valence-electron chi connectivity index (χ4n) is 4.27. The predicted octanol–water partition coefficient (Wildman–Crippen LogP) is 7.07. The third kappa shape index (κ3) is 8.45. The number of aromatic nitrogens is 2. The largest absolute Gasteiger partial charge is 0.508 e. The Hall–Kier alpha value is -2.71. The molecule has 0 unspecified atom stereocenters. The topological polar surface area (TPSA) is 100 Å². The maximum atomic E-state index is 11.2. The van der Waals surface area contributed by atoms with Gasteiger partial charge in [0.15, 0.2) is 11.6 Å². The van der Waals surface area contributed by atoms with Gasteiger partial charge in [0.05, 0.1) is 12.2 Å². The molecule has 1 aromatic carbocycles. The Balaban J connectivity index is 1.43. The Kier molecular flexibility index (Phi) is 10.5. The minimum absolute atomic E-state index is 0.0832. The maximum Gasteiger partial charge on any atom is 0.508 e. The van der Waals surface area contributed by atoms with Crippen LogP contribution in [0.5, 0.6) is 5.75 Å². The van der Waals surface area contributed by atoms with Gasteiger partial charge in [-0.25, -0.2) is 14.8 Å². The van der Waals surface area contributed by atoms with Crippen LogP contribution < -0.4 is 4.74 Å². The van der Waals surface area contributed by atoms with Crippen molar-refractivity contribution in [3.05, 3.63) is 42.2 Å². The number of nitrogens with zero attached hydrogens (tertiary/aromatic N) is 2. The molecule has 1 fully saturated rings. The van der Waals surface area contributed by atoms with Gasteiger partial charge in [-0.1, -0.05) is 64.7 Å². The molecule has 8 nitrogen and oxygen atoms in total. The molecule has 2 heterocycles. The zero-order valence-corrected chi connectivity index (χ0v) is 21.8. The van der Waals surface area contributed by atoms with Crippen LogP contribution in [0, 0.1) is 0 Å². The standard InChI is InChI=1S/C28H40N2O6/c1-4-5-6-7-8-9-10-11-12-13-18-33-24-16-14-22(15-17-24)25-29-19-23(20-30-25)28(35-26(31)32)21-34-27(2,3)36-28/h14-17,19-20H,4-13,18,21H2,1-3H3,(H,31,32)/t28-/m1/s1. The summed E-state index contributed by atoms with van der Waals surface area (Å²) in [5, 5.41) is 9.18. The first-order chi connectivity index (χ1) is 17.3. The van der Waals surface area contributed by atoms with Gasteiger partial charge < -0.3 is 24.1 Å². The third-order valence-corrected chi connectivity index (χ3v) is 6.24. The summed E-state index contributed by atoms with van der Waals surface area (Å²) in [7, 11) is 0. The second kappa shape index (κ2) is 13.6. The molecule has 1 aromatic heterocycles. The van der Waals surface area contributed by atoms with E-state index in [0.29, 0.717) is 18.0 Å². The number of ether oxygens (including phenoxy) is 4. The zero-order valence-electron chi connectivity index (χ0n) is 21.8. The van der Waals surface area contributed by atoms with Crippen LogP contribution in [0.3, 0.4) is 0 Å². The van der Waals surface area contributed by atoms with Gasteiger partial charge in [-0.15, -0.1) is 0 Å². The fraction of sp³-hybridized carbons (Fsp3) is 0.607. The van der Waals surface area contributed by atoms with Crippen LogP contribution in [0.25, 0.3) is 11.4 Å². The summed E-state index contributed by atoms with van der Waals surface area (Å²) in [6, 6.07) is 7.64. The van der Waals surface area contributed by atoms with Gasteiger partial charge in [-0.05, 0) is 44.5 Å². The van der Waals surface area contributed by atoms with Crippen LogP contribution in [0.4, 0.5) is 4.79 Å². The summed E-state index contributed by atoms with van der Waals surface area (Å²) in [5.41, 5.74) is 1.20. The Morgan fingerprint density at radius 2 is 1.53 bits per heavy atom. The van der Waals surface area contributed by atoms with Crippen LogP contribution in [-0.2, 0) is 20.0 Å². The quantitative estimate of drug-likeness (QED) is 0.205. The van der Waals surface area contributed by atoms with Crippen LogP contribution in [0.15, 0.2) is 36.7 Å². The molecule has 0 aliphatic carbocycles. The molecule has 3 rings (SSSR count). The van der Waals surface area contributed by atoms with E-state index in [1.165, 1.54) is 70.2 Å². The molecule has 1 aliphatic heterocycles. The van der Waals surface area contributed by atoms with Gasteiger partial charge >= 0.3 is 6.16 Å². The highest BCUT2D eigenvalue weighted by Gasteiger charge is 2.51. The highest BCUT2D eigenvalue weighted by Crippen LogP contribution is 2.39. The van der Waals surface area contributed by atoms with E-state index in [-0.39, 0.29) is 6.61 Å². The zero-order chi connectivity index (χ0) is 25.9. The lowest BCUT2D eigenvalue weighted by Gasteiger charge is -2.27. The number of carbonyl (C=O) groups is 1. The smallest absolute Gasteiger partial charge is 0.494 e. The van der Waals surface area contributed by atoms with E-state index in [2.05, 4.69) is 16.9 Å². The van der Waals surface area contributed by atoms with Crippen molar-refractivity contribution in [2.75, 3.05) is 13.2 Å². The molecule has 0 saturated carbocycles. The predicted molar refractivity (Wildman–Crippen MR) is 137 cm³/mol. The van der Waals surface area contributed by atoms with Gasteiger partial charge in [-0.3, -0.25) is 0 Å². The molecule has 1 saturated heterocycles. The normalized spacial score (nSPS) is 18.8. The van der Waals surface area contributed by atoms with Gasteiger partial charge in [0.1, 0.15) is 12.4 Å². The van der Waals surface area contributed by atoms with Crippen molar-refractivity contribution in [2.45, 2.75) is 96.6 Å². The molecule has 1 atom stereocenters. The Morgan fingerprint density at radius 3 is 2.06 bits per heavy atom. The SMILES string of the molecule is CCCCCCCCCCCCOc1ccc(-c2ncc([C@@]3(OC(=O)O)COC(C)(C)O3)cn2)cc1. The van der Waals surface area contributed by atoms with Crippen LogP contribution in [0.1, 0.15) is 90.5 Å². The van der Waals surface area contributed by atoms with Crippen molar-refractivity contribution in [3.8, 4) is 17.1 Å². The Morgan fingerprint density at radius 1 is 0.944 bits per heavy atom. The molecule has 36 heavy (non-hydrogen) atoms. The average molecular weight is 501 g/mol. The molecule has 0 bridgehead atoms. The molecule has 2 aromatic rings. The van der Waals surface area contributed by atoms with E-state index in [9.17, 15) is 9.90 Å². The number of benzene rings is 1. The molecule has 0 amide bonds. The summed E-state index contributed by atoms with van der Waals surface area (Å²) in [6.07, 6.45) is 14.6. The molecule has 1 N–H and O–H groups in total. The van der Waals surface area contributed by atoms with Crippen LogP contribution >= 0.6 is 0 Å². The van der Waals surface area contributed by atoms with E-state index in [1.807, 2.05) is 24.3 Å². The van der Waals surface area contributed by atoms with Crippen LogP contribution in [-0.4, -0.2) is 40.2 Å². The highest BCUT2D eigenvalue weighted by atomic mass is 16.9. The fourth-order valence-corrected chi connectivity index (χ4v) is 4.27. The first-order valence-corrected chi connectivity index (χ1v) is 13.2. The van der Waals surface area contributed by atoms with Crippen LogP contribution in [0.2, 0.25) is 0 Å². The Labute approximate surface area is 214 Å². The van der Waals surface area contributed by atoms with Crippen molar-refractivity contribution in [2.24, 2.45) is 0 Å². The first-order valence-electron chi connectivity index (χ1n) is 13.2. The molecule has 1 aliphatic rings. The van der Waals surface area contributed by atoms with Gasteiger partial charge in [0.2, 0.25) is 0 Å². The van der Waals surface area contributed by atoms with Crippen molar-refractivity contribution in [3.63, 3.8) is 0 Å². The minimum atomic E-state index is -1.60. The summed E-state index contributed by atoms with van der Waals surface area (Å²) in [4.78, 5) is 20.0. The maximum absolute atomic E-state index is 11.2. The van der Waals surface area contributed by atoms with E-state index >= 15 is 0 Å². The van der Waals surface area contributed by atoms with E-state index in [0.717, 1.165) is 17.7 Å². The van der Waals surface area contributed by atoms with Gasteiger partial charge in [-0.2, -0.15) is 0 Å². The summed E-state index contributed by atoms with van der Waals surface area (Å²) < 4.78 is 22.2. The number of rotatable bonds is 15. The second-order valence-corrected chi connectivity index (χ2v) is 9.76. The van der Waals surface area contributed by atoms with Crippen molar-refractivity contribution < 1.29 is 28.8 Å². The number of hydrogen-bond donors (Lipinski definition) is 1. The highest BCUT2D eigenvalue weighted by molar-refractivity contribution is 5.58. The molecular weight excluding hydrogens is 460 g/mol. The minimum Gasteiger partial charge on any atom is -0.494 e. The van der Waals surface area contributed by atoms with E-state index in [4.69, 9.17) is 18.9 Å². The monoisotopic (exact) mass is 500 g/mol. The second-order valence-electron chi connectivity index (χ2n) is 9.76. The summed E-state index contributed by atoms with van der Waals surface area (Å²) in [6.45, 7) is 6.26. The van der Waals surface area contributed by atoms with Gasteiger partial charge in [0, 0.05) is 18.0 Å². The Bertz CT molecular complexity index is 932. The number of hydrogen-bond acceptors (Lipinski definition) is 7. The van der Waals surface area contributed by atoms with E-state index < -0.39 is 17.7 Å². The molecule has 0 spiro atoms. The summed E-state index contributed by atoms with van der Waals surface area (Å²) >= 11 is 0. The van der Waals surface area contributed by atoms with Gasteiger partial charge in [0.25, 0.3) is 5.79 Å². The van der Waals surface area contributed by atoms with Crippen molar-refractivity contribution in [1.29, 1.82) is 0 Å². The first kappa shape index (κ1) is 27.9. The lowest BCUT2D eigenvalue weighted by Crippen LogP contribution is -2.36. The molecule has 198 valence electrons. The summed E-state index contributed by atoms with van der Waals surface area (Å²) in [5.74, 6) is -1.26. The third-order valence-electron chi connectivity index (χ3n) is 6.24. The molecule has 0 radical (unpaired) electrons. The molecule has 8 heteroatoms. The van der Waals surface area contributed by atoms with Crippen molar-refractivity contribution in [1.82, 2.24) is 9.97 Å². The lowest BCUT2D eigenvalue weighted by atomic mass is 10.1. The average Bonchev–Trinajstić information content (AvgIpc) is 3.17. The lowest BCUT2D eigenvalue weighted by molar-refractivity contribution is -0.240. The molecular formula is C28H40N2O6. The number of unbranched alkanes of at least 4 members (excludes halogenated alkanes) is 9. The number of carboxylic acid groups (broad SMARTS) is 1. The van der Waals surface area contributed by atoms with Crippen molar-refractivity contribution >= 4 is 6.16 Å².